The molecule has 0 bridgehead atoms. The second kappa shape index (κ2) is 12.8. The van der Waals surface area contributed by atoms with Crippen LogP contribution in [0.3, 0.4) is 0 Å². The summed E-state index contributed by atoms with van der Waals surface area (Å²) in [7, 11) is -0.284. The Bertz CT molecular complexity index is 1730. The molecule has 1 N–H and O–H groups in total. The summed E-state index contributed by atoms with van der Waals surface area (Å²) >= 11 is 0. The molecule has 5 aromatic rings. The number of aromatic nitrogens is 4. The Balaban J connectivity index is 1.34. The van der Waals surface area contributed by atoms with Gasteiger partial charge in [0.1, 0.15) is 29.7 Å². The van der Waals surface area contributed by atoms with Gasteiger partial charge in [-0.15, -0.1) is 5.10 Å². The predicted octanol–water partition coefficient (Wildman–Crippen LogP) is 8.21. The van der Waals surface area contributed by atoms with Gasteiger partial charge >= 0.3 is 0 Å². The van der Waals surface area contributed by atoms with Crippen molar-refractivity contribution < 1.29 is 18.3 Å². The van der Waals surface area contributed by atoms with Crippen molar-refractivity contribution in [3.05, 3.63) is 102 Å². The SMILES string of the molecule is COc1ccc(COc2ccc(F)cc2C(C)Nc2ccc3ncc(-c4ccnc(CO[Si](C)(C)C(C)(C)C)c4)n3n2)cc1. The molecule has 10 heteroatoms. The summed E-state index contributed by atoms with van der Waals surface area (Å²) in [6.45, 7) is 13.9. The smallest absolute Gasteiger partial charge is 0.192 e. The number of fused-ring (bicyclic) bond motifs is 1. The van der Waals surface area contributed by atoms with Crippen molar-refractivity contribution in [3.63, 3.8) is 0 Å². The van der Waals surface area contributed by atoms with Crippen molar-refractivity contribution >= 4 is 19.8 Å². The fraction of sp³-hybridized carbons (Fsp3) is 0.324. The molecule has 230 valence electrons. The zero-order valence-corrected chi connectivity index (χ0v) is 27.4. The maximum atomic E-state index is 14.4. The van der Waals surface area contributed by atoms with Gasteiger partial charge in [-0.3, -0.25) is 4.98 Å². The highest BCUT2D eigenvalue weighted by molar-refractivity contribution is 6.74. The van der Waals surface area contributed by atoms with Crippen LogP contribution in [0.4, 0.5) is 10.2 Å². The minimum atomic E-state index is -1.92. The van der Waals surface area contributed by atoms with Gasteiger partial charge in [0.15, 0.2) is 14.0 Å². The molecule has 8 nitrogen and oxygen atoms in total. The molecule has 0 radical (unpaired) electrons. The summed E-state index contributed by atoms with van der Waals surface area (Å²) in [4.78, 5) is 9.11. The molecule has 3 heterocycles. The number of hydrogen-bond acceptors (Lipinski definition) is 7. The van der Waals surface area contributed by atoms with E-state index >= 15 is 0 Å². The number of rotatable bonds is 11. The highest BCUT2D eigenvalue weighted by atomic mass is 28.4. The number of benzene rings is 2. The Kier molecular flexibility index (Phi) is 9.03. The minimum Gasteiger partial charge on any atom is -0.497 e. The van der Waals surface area contributed by atoms with Crippen molar-refractivity contribution in [2.75, 3.05) is 12.4 Å². The number of imidazole rings is 1. The van der Waals surface area contributed by atoms with Crippen LogP contribution in [0.25, 0.3) is 16.9 Å². The molecule has 0 fully saturated rings. The monoisotopic (exact) mass is 613 g/mol. The van der Waals surface area contributed by atoms with E-state index in [1.807, 2.05) is 55.5 Å². The van der Waals surface area contributed by atoms with Gasteiger partial charge < -0.3 is 19.2 Å². The first kappa shape index (κ1) is 31.2. The third kappa shape index (κ3) is 7.08. The average molecular weight is 614 g/mol. The van der Waals surface area contributed by atoms with Crippen LogP contribution in [0.2, 0.25) is 18.1 Å². The van der Waals surface area contributed by atoms with E-state index in [1.54, 1.807) is 30.1 Å². The van der Waals surface area contributed by atoms with E-state index in [4.69, 9.17) is 19.0 Å². The maximum Gasteiger partial charge on any atom is 0.192 e. The summed E-state index contributed by atoms with van der Waals surface area (Å²) in [5, 5.41) is 8.37. The molecular weight excluding hydrogens is 573 g/mol. The number of nitrogens with zero attached hydrogens (tertiary/aromatic N) is 4. The molecule has 0 amide bonds. The quantitative estimate of drug-likeness (QED) is 0.150. The van der Waals surface area contributed by atoms with Gasteiger partial charge in [-0.25, -0.2) is 13.9 Å². The Morgan fingerprint density at radius 3 is 2.45 bits per heavy atom. The molecule has 0 spiro atoms. The summed E-state index contributed by atoms with van der Waals surface area (Å²) < 4.78 is 33.9. The van der Waals surface area contributed by atoms with Crippen molar-refractivity contribution in [3.8, 4) is 22.8 Å². The predicted molar refractivity (Wildman–Crippen MR) is 174 cm³/mol. The van der Waals surface area contributed by atoms with Crippen LogP contribution in [-0.2, 0) is 17.6 Å². The molecule has 0 saturated carbocycles. The summed E-state index contributed by atoms with van der Waals surface area (Å²) in [6.07, 6.45) is 3.60. The second-order valence-corrected chi connectivity index (χ2v) is 17.2. The topological polar surface area (TPSA) is 82.8 Å². The number of methoxy groups -OCH3 is 1. The highest BCUT2D eigenvalue weighted by Crippen LogP contribution is 2.37. The third-order valence-corrected chi connectivity index (χ3v) is 12.7. The van der Waals surface area contributed by atoms with Crippen LogP contribution in [-0.4, -0.2) is 35.0 Å². The number of pyridine rings is 1. The van der Waals surface area contributed by atoms with Crippen LogP contribution < -0.4 is 14.8 Å². The summed E-state index contributed by atoms with van der Waals surface area (Å²) in [6, 6.07) is 19.7. The highest BCUT2D eigenvalue weighted by Gasteiger charge is 2.37. The van der Waals surface area contributed by atoms with Gasteiger partial charge in [0.05, 0.1) is 37.3 Å². The second-order valence-electron chi connectivity index (χ2n) is 12.4. The Hall–Kier alpha value is -4.28. The van der Waals surface area contributed by atoms with E-state index < -0.39 is 8.32 Å². The van der Waals surface area contributed by atoms with Gasteiger partial charge in [-0.05, 0) is 85.2 Å². The largest absolute Gasteiger partial charge is 0.497 e. The lowest BCUT2D eigenvalue weighted by atomic mass is 10.1. The fourth-order valence-electron chi connectivity index (χ4n) is 4.51. The summed E-state index contributed by atoms with van der Waals surface area (Å²) in [5.74, 6) is 1.65. The van der Waals surface area contributed by atoms with E-state index in [1.165, 1.54) is 12.1 Å². The van der Waals surface area contributed by atoms with E-state index in [-0.39, 0.29) is 16.9 Å². The molecule has 2 aromatic carbocycles. The lowest BCUT2D eigenvalue weighted by Crippen LogP contribution is -2.40. The third-order valence-electron chi connectivity index (χ3n) is 8.22. The van der Waals surface area contributed by atoms with Gasteiger partial charge in [-0.2, -0.15) is 0 Å². The molecule has 1 unspecified atom stereocenters. The molecular formula is C34H40FN5O3Si. The molecule has 44 heavy (non-hydrogen) atoms. The molecule has 1 atom stereocenters. The molecule has 5 rings (SSSR count). The number of ether oxygens (including phenoxy) is 2. The van der Waals surface area contributed by atoms with Gasteiger partial charge in [-0.1, -0.05) is 32.9 Å². The zero-order chi connectivity index (χ0) is 31.5. The van der Waals surface area contributed by atoms with E-state index in [9.17, 15) is 4.39 Å². The first-order valence-corrected chi connectivity index (χ1v) is 17.6. The lowest BCUT2D eigenvalue weighted by molar-refractivity contribution is 0.272. The summed E-state index contributed by atoms with van der Waals surface area (Å²) in [5.41, 5.74) is 5.01. The first-order valence-electron chi connectivity index (χ1n) is 14.7. The van der Waals surface area contributed by atoms with Crippen molar-refractivity contribution in [1.82, 2.24) is 19.6 Å². The number of anilines is 1. The Morgan fingerprint density at radius 1 is 0.955 bits per heavy atom. The van der Waals surface area contributed by atoms with Crippen LogP contribution in [0, 0.1) is 5.82 Å². The van der Waals surface area contributed by atoms with E-state index in [2.05, 4.69) is 49.1 Å². The maximum absolute atomic E-state index is 14.4. The van der Waals surface area contributed by atoms with Crippen LogP contribution in [0.15, 0.2) is 79.1 Å². The molecule has 0 saturated heterocycles. The number of hydrogen-bond donors (Lipinski definition) is 1. The number of nitrogens with one attached hydrogen (secondary N) is 1. The fourth-order valence-corrected chi connectivity index (χ4v) is 5.45. The van der Waals surface area contributed by atoms with Crippen LogP contribution in [0.5, 0.6) is 11.5 Å². The molecule has 0 aliphatic carbocycles. The van der Waals surface area contributed by atoms with Gasteiger partial charge in [0, 0.05) is 17.3 Å². The standard InChI is InChI=1S/C34H40FN5O3Si/c1-23(29-19-26(35)10-13-31(29)42-21-24-8-11-28(41-5)12-9-24)38-32-14-15-33-37-20-30(40(33)39-32)25-16-17-36-27(18-25)22-43-44(6,7)34(2,3)4/h8-20,23H,21-22H2,1-7H3,(H,38,39). The minimum absolute atomic E-state index is 0.117. The van der Waals surface area contributed by atoms with Crippen molar-refractivity contribution in [2.45, 2.75) is 65.1 Å². The molecule has 0 aliphatic rings. The average Bonchev–Trinajstić information content (AvgIpc) is 3.42. The van der Waals surface area contributed by atoms with Crippen molar-refractivity contribution in [1.29, 1.82) is 0 Å². The van der Waals surface area contributed by atoms with Gasteiger partial charge in [0.2, 0.25) is 0 Å². The Labute approximate surface area is 259 Å². The van der Waals surface area contributed by atoms with Gasteiger partial charge in [0.25, 0.3) is 0 Å². The molecule has 3 aromatic heterocycles. The zero-order valence-electron chi connectivity index (χ0n) is 26.4. The number of halogens is 1. The van der Waals surface area contributed by atoms with E-state index in [0.29, 0.717) is 36.0 Å². The van der Waals surface area contributed by atoms with Crippen LogP contribution >= 0.6 is 0 Å². The molecule has 0 aliphatic heterocycles. The van der Waals surface area contributed by atoms with Crippen LogP contribution in [0.1, 0.15) is 50.6 Å². The first-order chi connectivity index (χ1) is 20.9. The lowest BCUT2D eigenvalue weighted by Gasteiger charge is -2.36. The Morgan fingerprint density at radius 2 is 1.73 bits per heavy atom. The van der Waals surface area contributed by atoms with E-state index in [0.717, 1.165) is 28.3 Å². The van der Waals surface area contributed by atoms with Crippen molar-refractivity contribution in [2.24, 2.45) is 0 Å². The normalized spacial score (nSPS) is 12.7.